The maximum absolute atomic E-state index is 12.2. The molecule has 0 aliphatic carbocycles. The van der Waals surface area contributed by atoms with Gasteiger partial charge in [-0.15, -0.1) is 0 Å². The molecule has 2 rings (SSSR count). The van der Waals surface area contributed by atoms with Crippen LogP contribution in [0.1, 0.15) is 28.7 Å². The molecular weight excluding hydrogens is 284 g/mol. The van der Waals surface area contributed by atoms with Gasteiger partial charge >= 0.3 is 5.97 Å². The minimum atomic E-state index is -0.924. The number of hydrogen-bond acceptors (Lipinski definition) is 5. The van der Waals surface area contributed by atoms with Crippen LogP contribution in [0.2, 0.25) is 0 Å². The predicted molar refractivity (Wildman–Crippen MR) is 80.4 cm³/mol. The molecule has 0 unspecified atom stereocenters. The number of carbonyl (C=O) groups is 2. The average Bonchev–Trinajstić information content (AvgIpc) is 2.74. The first-order valence-corrected chi connectivity index (χ1v) is 6.82. The second-order valence-electron chi connectivity index (χ2n) is 4.95. The van der Waals surface area contributed by atoms with Crippen molar-refractivity contribution in [2.45, 2.75) is 26.9 Å². The molecule has 22 heavy (non-hydrogen) atoms. The number of carbonyl (C=O) groups excluding carboxylic acids is 2. The highest BCUT2D eigenvalue weighted by molar-refractivity contribution is 5.97. The van der Waals surface area contributed by atoms with Crippen LogP contribution in [0.5, 0.6) is 0 Å². The molecule has 0 aliphatic rings. The Bertz CT molecular complexity index is 694. The molecular formula is C15H18N4O3. The average molecular weight is 302 g/mol. The van der Waals surface area contributed by atoms with E-state index >= 15 is 0 Å². The van der Waals surface area contributed by atoms with Gasteiger partial charge in [-0.2, -0.15) is 5.10 Å². The molecule has 0 bridgehead atoms. The van der Waals surface area contributed by atoms with E-state index in [1.807, 2.05) is 6.92 Å². The highest BCUT2D eigenvalue weighted by Crippen LogP contribution is 2.18. The Morgan fingerprint density at radius 1 is 1.36 bits per heavy atom. The first kappa shape index (κ1) is 15.7. The zero-order valence-corrected chi connectivity index (χ0v) is 13.0. The van der Waals surface area contributed by atoms with Crippen LogP contribution in [0.25, 0.3) is 0 Å². The topological polar surface area (TPSA) is 86.1 Å². The Balaban J connectivity index is 2.02. The molecule has 0 radical (unpaired) electrons. The SMILES string of the molecule is Cc1nn(C)c(C)c1NC(=O)[C@H](C)OC(=O)c1cccnc1. The van der Waals surface area contributed by atoms with Gasteiger partial charge in [0.2, 0.25) is 0 Å². The first-order valence-electron chi connectivity index (χ1n) is 6.82. The fourth-order valence-electron chi connectivity index (χ4n) is 1.94. The van der Waals surface area contributed by atoms with Crippen LogP contribution in [-0.2, 0) is 16.6 Å². The summed E-state index contributed by atoms with van der Waals surface area (Å²) in [6, 6.07) is 3.21. The van der Waals surface area contributed by atoms with Gasteiger partial charge in [-0.1, -0.05) is 0 Å². The summed E-state index contributed by atoms with van der Waals surface area (Å²) in [5.74, 6) is -0.994. The molecule has 1 N–H and O–H groups in total. The number of pyridine rings is 1. The third kappa shape index (κ3) is 3.30. The fraction of sp³-hybridized carbons (Fsp3) is 0.333. The molecule has 1 atom stereocenters. The third-order valence-corrected chi connectivity index (χ3v) is 3.31. The standard InChI is InChI=1S/C15H18N4O3/c1-9-13(10(2)19(4)18-9)17-14(20)11(3)22-15(21)12-6-5-7-16-8-12/h5-8,11H,1-4H3,(H,17,20)/t11-/m0/s1. The Hall–Kier alpha value is -2.70. The minimum Gasteiger partial charge on any atom is -0.449 e. The van der Waals surface area contributed by atoms with Crippen molar-refractivity contribution >= 4 is 17.6 Å². The number of nitrogens with one attached hydrogen (secondary N) is 1. The van der Waals surface area contributed by atoms with Crippen LogP contribution in [-0.4, -0.2) is 32.7 Å². The smallest absolute Gasteiger partial charge is 0.340 e. The van der Waals surface area contributed by atoms with Crippen molar-refractivity contribution in [3.63, 3.8) is 0 Å². The summed E-state index contributed by atoms with van der Waals surface area (Å²) in [6.07, 6.45) is 2.02. The van der Waals surface area contributed by atoms with Crippen molar-refractivity contribution in [2.24, 2.45) is 7.05 Å². The molecule has 116 valence electrons. The summed E-state index contributed by atoms with van der Waals surface area (Å²) in [4.78, 5) is 27.9. The summed E-state index contributed by atoms with van der Waals surface area (Å²) < 4.78 is 6.82. The Morgan fingerprint density at radius 3 is 2.64 bits per heavy atom. The molecule has 2 aromatic rings. The van der Waals surface area contributed by atoms with Crippen molar-refractivity contribution < 1.29 is 14.3 Å². The molecule has 0 saturated heterocycles. The lowest BCUT2D eigenvalue weighted by Gasteiger charge is -2.13. The highest BCUT2D eigenvalue weighted by Gasteiger charge is 2.21. The number of amides is 1. The van der Waals surface area contributed by atoms with Gasteiger partial charge in [-0.05, 0) is 32.9 Å². The van der Waals surface area contributed by atoms with E-state index in [9.17, 15) is 9.59 Å². The highest BCUT2D eigenvalue weighted by atomic mass is 16.5. The first-order chi connectivity index (χ1) is 10.4. The summed E-state index contributed by atoms with van der Waals surface area (Å²) in [6.45, 7) is 5.17. The zero-order chi connectivity index (χ0) is 16.3. The lowest BCUT2D eigenvalue weighted by Crippen LogP contribution is -2.30. The molecule has 0 aromatic carbocycles. The van der Waals surface area contributed by atoms with Crippen LogP contribution < -0.4 is 5.32 Å². The molecule has 2 heterocycles. The minimum absolute atomic E-state index is 0.302. The van der Waals surface area contributed by atoms with Crippen molar-refractivity contribution in [3.05, 3.63) is 41.5 Å². The lowest BCUT2D eigenvalue weighted by molar-refractivity contribution is -0.123. The molecule has 0 aliphatic heterocycles. The molecule has 0 spiro atoms. The van der Waals surface area contributed by atoms with Crippen LogP contribution in [0.3, 0.4) is 0 Å². The number of nitrogens with zero attached hydrogens (tertiary/aromatic N) is 3. The number of aryl methyl sites for hydroxylation is 2. The second-order valence-corrected chi connectivity index (χ2v) is 4.95. The third-order valence-electron chi connectivity index (χ3n) is 3.31. The molecule has 2 aromatic heterocycles. The van der Waals surface area contributed by atoms with Crippen LogP contribution in [0.15, 0.2) is 24.5 Å². The Kier molecular flexibility index (Phi) is 4.55. The van der Waals surface area contributed by atoms with Crippen molar-refractivity contribution in [2.75, 3.05) is 5.32 Å². The second kappa shape index (κ2) is 6.38. The Labute approximate surface area is 128 Å². The van der Waals surface area contributed by atoms with Gasteiger partial charge in [0.15, 0.2) is 6.10 Å². The molecule has 1 amide bonds. The number of aromatic nitrogens is 3. The summed E-state index contributed by atoms with van der Waals surface area (Å²) in [7, 11) is 1.80. The van der Waals surface area contributed by atoms with Crippen molar-refractivity contribution in [1.82, 2.24) is 14.8 Å². The van der Waals surface area contributed by atoms with E-state index in [1.165, 1.54) is 13.1 Å². The Morgan fingerprint density at radius 2 is 2.09 bits per heavy atom. The largest absolute Gasteiger partial charge is 0.449 e. The van der Waals surface area contributed by atoms with E-state index in [2.05, 4.69) is 15.4 Å². The van der Waals surface area contributed by atoms with Gasteiger partial charge in [0, 0.05) is 19.4 Å². The van der Waals surface area contributed by atoms with Crippen LogP contribution >= 0.6 is 0 Å². The van der Waals surface area contributed by atoms with Crippen LogP contribution in [0, 0.1) is 13.8 Å². The van der Waals surface area contributed by atoms with E-state index in [4.69, 9.17) is 4.74 Å². The number of ether oxygens (including phenoxy) is 1. The fourth-order valence-corrected chi connectivity index (χ4v) is 1.94. The number of rotatable bonds is 4. The van der Waals surface area contributed by atoms with Gasteiger partial charge < -0.3 is 10.1 Å². The lowest BCUT2D eigenvalue weighted by atomic mass is 10.2. The summed E-state index contributed by atoms with van der Waals surface area (Å²) >= 11 is 0. The van der Waals surface area contributed by atoms with E-state index in [-0.39, 0.29) is 0 Å². The molecule has 7 heteroatoms. The monoisotopic (exact) mass is 302 g/mol. The zero-order valence-electron chi connectivity index (χ0n) is 13.0. The van der Waals surface area contributed by atoms with E-state index in [1.54, 1.807) is 37.0 Å². The summed E-state index contributed by atoms with van der Waals surface area (Å²) in [5.41, 5.74) is 2.48. The normalized spacial score (nSPS) is 11.8. The van der Waals surface area contributed by atoms with E-state index in [0.29, 0.717) is 16.9 Å². The summed E-state index contributed by atoms with van der Waals surface area (Å²) in [5, 5.41) is 6.96. The van der Waals surface area contributed by atoms with E-state index < -0.39 is 18.0 Å². The van der Waals surface area contributed by atoms with Gasteiger partial charge in [0.05, 0.1) is 22.6 Å². The predicted octanol–water partition coefficient (Wildman–Crippen LogP) is 1.62. The number of anilines is 1. The number of esters is 1. The molecule has 7 nitrogen and oxygen atoms in total. The molecule has 0 fully saturated rings. The quantitative estimate of drug-likeness (QED) is 0.867. The number of hydrogen-bond donors (Lipinski definition) is 1. The maximum Gasteiger partial charge on any atom is 0.340 e. The van der Waals surface area contributed by atoms with Crippen molar-refractivity contribution in [3.8, 4) is 0 Å². The van der Waals surface area contributed by atoms with Crippen LogP contribution in [0.4, 0.5) is 5.69 Å². The van der Waals surface area contributed by atoms with Gasteiger partial charge in [-0.25, -0.2) is 4.79 Å². The van der Waals surface area contributed by atoms with Gasteiger partial charge in [-0.3, -0.25) is 14.5 Å². The molecule has 0 saturated carbocycles. The van der Waals surface area contributed by atoms with Crippen molar-refractivity contribution in [1.29, 1.82) is 0 Å². The maximum atomic E-state index is 12.2. The van der Waals surface area contributed by atoms with Gasteiger partial charge in [0.25, 0.3) is 5.91 Å². The van der Waals surface area contributed by atoms with E-state index in [0.717, 1.165) is 5.69 Å². The van der Waals surface area contributed by atoms with Gasteiger partial charge in [0.1, 0.15) is 0 Å².